The van der Waals surface area contributed by atoms with Crippen LogP contribution in [0.1, 0.15) is 16.7 Å². The minimum absolute atomic E-state index is 0.148. The van der Waals surface area contributed by atoms with E-state index in [0.717, 1.165) is 12.1 Å². The van der Waals surface area contributed by atoms with Crippen molar-refractivity contribution in [2.75, 3.05) is 0 Å². The fourth-order valence-corrected chi connectivity index (χ4v) is 1.71. The molecule has 0 amide bonds. The second kappa shape index (κ2) is 5.85. The zero-order chi connectivity index (χ0) is 15.5. The minimum Gasteiger partial charge on any atom is -0.457 e. The largest absolute Gasteiger partial charge is 0.457 e. The molecular weight excluding hydrogens is 283 g/mol. The molecule has 0 aliphatic heterocycles. The molecule has 0 atom stereocenters. The second-order valence-electron chi connectivity index (χ2n) is 4.22. The van der Waals surface area contributed by atoms with Gasteiger partial charge in [-0.1, -0.05) is 6.07 Å². The standard InChI is InChI=1S/C15H10F3NO2/c16-15(17,18)13-7-11(9-20)3-6-14(13)21-12-4-1-10(8-19)2-5-12/h1-7,20H,9H2. The summed E-state index contributed by atoms with van der Waals surface area (Å²) in [4.78, 5) is 0. The zero-order valence-corrected chi connectivity index (χ0v) is 10.7. The molecule has 0 saturated carbocycles. The van der Waals surface area contributed by atoms with E-state index in [1.807, 2.05) is 6.07 Å². The molecule has 2 rings (SSSR count). The first kappa shape index (κ1) is 14.9. The van der Waals surface area contributed by atoms with Crippen LogP contribution in [-0.4, -0.2) is 5.11 Å². The molecule has 0 saturated heterocycles. The van der Waals surface area contributed by atoms with Gasteiger partial charge in [0.15, 0.2) is 0 Å². The van der Waals surface area contributed by atoms with E-state index < -0.39 is 18.3 Å². The molecule has 0 radical (unpaired) electrons. The van der Waals surface area contributed by atoms with Gasteiger partial charge in [-0.05, 0) is 42.0 Å². The molecule has 2 aromatic rings. The number of rotatable bonds is 3. The van der Waals surface area contributed by atoms with Gasteiger partial charge in [-0.3, -0.25) is 0 Å². The normalized spacial score (nSPS) is 11.0. The van der Waals surface area contributed by atoms with Gasteiger partial charge in [0.2, 0.25) is 0 Å². The molecule has 108 valence electrons. The summed E-state index contributed by atoms with van der Waals surface area (Å²) in [6, 6.07) is 11.0. The number of halogens is 3. The summed E-state index contributed by atoms with van der Waals surface area (Å²) in [5.74, 6) is -0.166. The predicted octanol–water partition coefficient (Wildman–Crippen LogP) is 3.86. The number of alkyl halides is 3. The molecular formula is C15H10F3NO2. The number of aliphatic hydroxyl groups is 1. The number of aliphatic hydroxyl groups excluding tert-OH is 1. The Morgan fingerprint density at radius 2 is 1.76 bits per heavy atom. The smallest absolute Gasteiger partial charge is 0.419 e. The van der Waals surface area contributed by atoms with Gasteiger partial charge in [-0.2, -0.15) is 18.4 Å². The highest BCUT2D eigenvalue weighted by atomic mass is 19.4. The van der Waals surface area contributed by atoms with Crippen LogP contribution in [0.2, 0.25) is 0 Å². The van der Waals surface area contributed by atoms with Crippen molar-refractivity contribution in [2.45, 2.75) is 12.8 Å². The van der Waals surface area contributed by atoms with Crippen LogP contribution in [-0.2, 0) is 12.8 Å². The van der Waals surface area contributed by atoms with Crippen LogP contribution in [0, 0.1) is 11.3 Å². The minimum atomic E-state index is -4.59. The average molecular weight is 293 g/mol. The van der Waals surface area contributed by atoms with Crippen molar-refractivity contribution in [3.05, 3.63) is 59.2 Å². The molecule has 0 heterocycles. The van der Waals surface area contributed by atoms with Gasteiger partial charge in [0.1, 0.15) is 11.5 Å². The van der Waals surface area contributed by atoms with Crippen molar-refractivity contribution < 1.29 is 23.0 Å². The van der Waals surface area contributed by atoms with Crippen LogP contribution >= 0.6 is 0 Å². The average Bonchev–Trinajstić information content (AvgIpc) is 2.47. The fraction of sp³-hybridized carbons (Fsp3) is 0.133. The van der Waals surface area contributed by atoms with Gasteiger partial charge in [-0.25, -0.2) is 0 Å². The summed E-state index contributed by atoms with van der Waals surface area (Å²) in [5, 5.41) is 17.6. The van der Waals surface area contributed by atoms with Crippen LogP contribution < -0.4 is 4.74 Å². The van der Waals surface area contributed by atoms with Crippen LogP contribution in [0.25, 0.3) is 0 Å². The monoisotopic (exact) mass is 293 g/mol. The first-order chi connectivity index (χ1) is 9.94. The van der Waals surface area contributed by atoms with Crippen molar-refractivity contribution in [3.63, 3.8) is 0 Å². The van der Waals surface area contributed by atoms with Crippen molar-refractivity contribution in [1.29, 1.82) is 5.26 Å². The molecule has 1 N–H and O–H groups in total. The number of nitriles is 1. The van der Waals surface area contributed by atoms with Crippen LogP contribution in [0.4, 0.5) is 13.2 Å². The van der Waals surface area contributed by atoms with Crippen molar-refractivity contribution >= 4 is 0 Å². The highest BCUT2D eigenvalue weighted by Gasteiger charge is 2.34. The zero-order valence-electron chi connectivity index (χ0n) is 10.7. The van der Waals surface area contributed by atoms with Crippen LogP contribution in [0.15, 0.2) is 42.5 Å². The molecule has 6 heteroatoms. The van der Waals surface area contributed by atoms with Crippen molar-refractivity contribution in [2.24, 2.45) is 0 Å². The van der Waals surface area contributed by atoms with E-state index in [2.05, 4.69) is 0 Å². The summed E-state index contributed by atoms with van der Waals surface area (Å²) in [6.07, 6.45) is -4.59. The van der Waals surface area contributed by atoms with E-state index in [9.17, 15) is 13.2 Å². The maximum absolute atomic E-state index is 13.0. The predicted molar refractivity (Wildman–Crippen MR) is 68.6 cm³/mol. The van der Waals surface area contributed by atoms with E-state index in [1.165, 1.54) is 30.3 Å². The molecule has 0 unspecified atom stereocenters. The Hall–Kier alpha value is -2.52. The third kappa shape index (κ3) is 3.52. The van der Waals surface area contributed by atoms with Gasteiger partial charge in [0, 0.05) is 0 Å². The Bertz CT molecular complexity index is 673. The Morgan fingerprint density at radius 3 is 2.29 bits per heavy atom. The molecule has 0 fully saturated rings. The SMILES string of the molecule is N#Cc1ccc(Oc2ccc(CO)cc2C(F)(F)F)cc1. The number of benzene rings is 2. The third-order valence-corrected chi connectivity index (χ3v) is 2.74. The van der Waals surface area contributed by atoms with E-state index >= 15 is 0 Å². The number of hydrogen-bond acceptors (Lipinski definition) is 3. The van der Waals surface area contributed by atoms with E-state index in [0.29, 0.717) is 5.56 Å². The lowest BCUT2D eigenvalue weighted by Gasteiger charge is -2.14. The lowest BCUT2D eigenvalue weighted by molar-refractivity contribution is -0.138. The van der Waals surface area contributed by atoms with E-state index in [4.69, 9.17) is 15.1 Å². The van der Waals surface area contributed by atoms with Crippen molar-refractivity contribution in [3.8, 4) is 17.6 Å². The summed E-state index contributed by atoms with van der Waals surface area (Å²) in [6.45, 7) is -0.486. The van der Waals surface area contributed by atoms with Crippen molar-refractivity contribution in [1.82, 2.24) is 0 Å². The van der Waals surface area contributed by atoms with Gasteiger partial charge in [0.25, 0.3) is 0 Å². The lowest BCUT2D eigenvalue weighted by atomic mass is 10.1. The molecule has 0 aliphatic rings. The van der Waals surface area contributed by atoms with Gasteiger partial charge in [0.05, 0.1) is 23.8 Å². The molecule has 21 heavy (non-hydrogen) atoms. The number of nitrogens with zero attached hydrogens (tertiary/aromatic N) is 1. The van der Waals surface area contributed by atoms with Crippen LogP contribution in [0.3, 0.4) is 0 Å². The second-order valence-corrected chi connectivity index (χ2v) is 4.22. The number of hydrogen-bond donors (Lipinski definition) is 1. The summed E-state index contributed by atoms with van der Waals surface area (Å²) >= 11 is 0. The topological polar surface area (TPSA) is 53.2 Å². The maximum Gasteiger partial charge on any atom is 0.419 e. The van der Waals surface area contributed by atoms with Gasteiger partial charge >= 0.3 is 6.18 Å². The lowest BCUT2D eigenvalue weighted by Crippen LogP contribution is -2.08. The summed E-state index contributed by atoms with van der Waals surface area (Å²) in [5.41, 5.74) is -0.429. The van der Waals surface area contributed by atoms with Crippen LogP contribution in [0.5, 0.6) is 11.5 Å². The fourth-order valence-electron chi connectivity index (χ4n) is 1.71. The van der Waals surface area contributed by atoms with E-state index in [-0.39, 0.29) is 17.1 Å². The summed E-state index contributed by atoms with van der Waals surface area (Å²) in [7, 11) is 0. The third-order valence-electron chi connectivity index (χ3n) is 2.74. The Balaban J connectivity index is 2.36. The van der Waals surface area contributed by atoms with E-state index in [1.54, 1.807) is 0 Å². The molecule has 0 spiro atoms. The molecule has 0 aromatic heterocycles. The quantitative estimate of drug-likeness (QED) is 0.934. The Kier molecular flexibility index (Phi) is 4.15. The highest BCUT2D eigenvalue weighted by molar-refractivity contribution is 5.43. The molecule has 2 aromatic carbocycles. The molecule has 3 nitrogen and oxygen atoms in total. The first-order valence-corrected chi connectivity index (χ1v) is 5.93. The maximum atomic E-state index is 13.0. The molecule has 0 bridgehead atoms. The first-order valence-electron chi connectivity index (χ1n) is 5.93. The van der Waals surface area contributed by atoms with Gasteiger partial charge < -0.3 is 9.84 Å². The Labute approximate surface area is 118 Å². The highest BCUT2D eigenvalue weighted by Crippen LogP contribution is 2.38. The number of ether oxygens (including phenoxy) is 1. The molecule has 0 aliphatic carbocycles. The summed E-state index contributed by atoms with van der Waals surface area (Å²) < 4.78 is 44.2. The Morgan fingerprint density at radius 1 is 1.10 bits per heavy atom. The van der Waals surface area contributed by atoms with Gasteiger partial charge in [-0.15, -0.1) is 0 Å².